The Morgan fingerprint density at radius 1 is 1.46 bits per heavy atom. The molecule has 2 rings (SSSR count). The van der Waals surface area contributed by atoms with Crippen LogP contribution < -0.4 is 10.6 Å². The molecule has 0 saturated carbocycles. The van der Waals surface area contributed by atoms with Gasteiger partial charge in [0.05, 0.1) is 18.3 Å². The summed E-state index contributed by atoms with van der Waals surface area (Å²) in [6.45, 7) is 10.2. The number of rotatable bonds is 6. The van der Waals surface area contributed by atoms with Crippen LogP contribution in [0.2, 0.25) is 0 Å². The molecule has 1 spiro atoms. The van der Waals surface area contributed by atoms with Crippen molar-refractivity contribution in [3.8, 4) is 0 Å². The fourth-order valence-corrected chi connectivity index (χ4v) is 3.89. The number of thiocarbonyl (C=S) groups is 1. The molecule has 2 aliphatic heterocycles. The lowest BCUT2D eigenvalue weighted by Crippen LogP contribution is -2.61. The van der Waals surface area contributed by atoms with Crippen LogP contribution >= 0.6 is 12.2 Å². The van der Waals surface area contributed by atoms with Crippen LogP contribution in [0.3, 0.4) is 0 Å². The number of carbonyl (C=O) groups is 1. The largest absolute Gasteiger partial charge is 0.383 e. The first-order chi connectivity index (χ1) is 11.4. The first-order valence-electron chi connectivity index (χ1n) is 9.06. The van der Waals surface area contributed by atoms with E-state index in [9.17, 15) is 4.79 Å². The molecule has 0 aliphatic carbocycles. The SMILES string of the molecule is CCCNC(=S)N1CCC2(CC1)NC(C(C)C)C(=O)N2CCOC. The van der Waals surface area contributed by atoms with Gasteiger partial charge >= 0.3 is 0 Å². The first-order valence-corrected chi connectivity index (χ1v) is 9.47. The lowest BCUT2D eigenvalue weighted by Gasteiger charge is -2.45. The molecule has 7 heteroatoms. The van der Waals surface area contributed by atoms with Crippen molar-refractivity contribution in [1.82, 2.24) is 20.4 Å². The van der Waals surface area contributed by atoms with Crippen molar-refractivity contribution in [3.63, 3.8) is 0 Å². The molecule has 2 N–H and O–H groups in total. The van der Waals surface area contributed by atoms with Gasteiger partial charge in [-0.1, -0.05) is 20.8 Å². The monoisotopic (exact) mass is 356 g/mol. The van der Waals surface area contributed by atoms with Gasteiger partial charge in [0, 0.05) is 46.1 Å². The van der Waals surface area contributed by atoms with Gasteiger partial charge in [0.25, 0.3) is 0 Å². The highest BCUT2D eigenvalue weighted by Crippen LogP contribution is 2.34. The molecule has 1 unspecified atom stereocenters. The molecule has 0 aromatic rings. The van der Waals surface area contributed by atoms with Crippen molar-refractivity contribution in [1.29, 1.82) is 0 Å². The number of hydrogen-bond donors (Lipinski definition) is 2. The van der Waals surface area contributed by atoms with Crippen LogP contribution in [0.25, 0.3) is 0 Å². The van der Waals surface area contributed by atoms with Gasteiger partial charge in [0.15, 0.2) is 5.11 Å². The van der Waals surface area contributed by atoms with Crippen molar-refractivity contribution >= 4 is 23.2 Å². The Labute approximate surface area is 151 Å². The number of nitrogens with zero attached hydrogens (tertiary/aromatic N) is 2. The summed E-state index contributed by atoms with van der Waals surface area (Å²) in [5.74, 6) is 0.495. The van der Waals surface area contributed by atoms with Crippen molar-refractivity contribution in [2.45, 2.75) is 51.7 Å². The predicted molar refractivity (Wildman–Crippen MR) is 99.8 cm³/mol. The molecular formula is C17H32N4O2S. The van der Waals surface area contributed by atoms with Gasteiger partial charge in [0.1, 0.15) is 0 Å². The van der Waals surface area contributed by atoms with E-state index in [0.29, 0.717) is 13.2 Å². The van der Waals surface area contributed by atoms with Gasteiger partial charge in [0.2, 0.25) is 5.91 Å². The Balaban J connectivity index is 2.05. The number of amides is 1. The van der Waals surface area contributed by atoms with E-state index in [1.165, 1.54) is 0 Å². The van der Waals surface area contributed by atoms with Gasteiger partial charge in [-0.05, 0) is 24.6 Å². The molecule has 2 heterocycles. The van der Waals surface area contributed by atoms with E-state index in [0.717, 1.165) is 44.0 Å². The third-order valence-corrected chi connectivity index (χ3v) is 5.47. The van der Waals surface area contributed by atoms with E-state index in [4.69, 9.17) is 17.0 Å². The number of methoxy groups -OCH3 is 1. The summed E-state index contributed by atoms with van der Waals surface area (Å²) < 4.78 is 5.22. The number of nitrogens with one attached hydrogen (secondary N) is 2. The third kappa shape index (κ3) is 4.00. The van der Waals surface area contributed by atoms with Crippen molar-refractivity contribution in [2.24, 2.45) is 5.92 Å². The maximum absolute atomic E-state index is 12.8. The highest BCUT2D eigenvalue weighted by molar-refractivity contribution is 7.80. The minimum atomic E-state index is -0.249. The maximum Gasteiger partial charge on any atom is 0.241 e. The fraction of sp³-hybridized carbons (Fsp3) is 0.882. The molecule has 138 valence electrons. The maximum atomic E-state index is 12.8. The second kappa shape index (κ2) is 8.45. The van der Waals surface area contributed by atoms with Crippen LogP contribution in [0.5, 0.6) is 0 Å². The minimum Gasteiger partial charge on any atom is -0.383 e. The summed E-state index contributed by atoms with van der Waals surface area (Å²) in [6.07, 6.45) is 2.84. The van der Waals surface area contributed by atoms with Gasteiger partial charge in [-0.15, -0.1) is 0 Å². The van der Waals surface area contributed by atoms with Crippen LogP contribution in [-0.2, 0) is 9.53 Å². The summed E-state index contributed by atoms with van der Waals surface area (Å²) in [7, 11) is 1.68. The average Bonchev–Trinajstić information content (AvgIpc) is 2.84. The Morgan fingerprint density at radius 3 is 2.67 bits per heavy atom. The van der Waals surface area contributed by atoms with E-state index in [2.05, 4.69) is 36.3 Å². The summed E-state index contributed by atoms with van der Waals surface area (Å²) in [6, 6.07) is -0.0985. The molecule has 1 atom stereocenters. The normalized spacial score (nSPS) is 23.4. The molecule has 1 amide bonds. The topological polar surface area (TPSA) is 56.8 Å². The smallest absolute Gasteiger partial charge is 0.241 e. The molecule has 6 nitrogen and oxygen atoms in total. The van der Waals surface area contributed by atoms with Crippen LogP contribution in [-0.4, -0.2) is 72.4 Å². The van der Waals surface area contributed by atoms with Gasteiger partial charge in [-0.2, -0.15) is 0 Å². The lowest BCUT2D eigenvalue weighted by molar-refractivity contribution is -0.134. The van der Waals surface area contributed by atoms with E-state index in [1.54, 1.807) is 7.11 Å². The Bertz CT molecular complexity index is 450. The highest BCUT2D eigenvalue weighted by Gasteiger charge is 2.51. The van der Waals surface area contributed by atoms with E-state index in [1.807, 2.05) is 4.90 Å². The summed E-state index contributed by atoms with van der Waals surface area (Å²) in [5.41, 5.74) is -0.249. The number of piperidine rings is 1. The van der Waals surface area contributed by atoms with Crippen molar-refractivity contribution in [2.75, 3.05) is 39.9 Å². The molecule has 2 fully saturated rings. The summed E-state index contributed by atoms with van der Waals surface area (Å²) >= 11 is 5.48. The zero-order valence-electron chi connectivity index (χ0n) is 15.4. The third-order valence-electron chi connectivity index (χ3n) is 5.06. The number of carbonyl (C=O) groups excluding carboxylic acids is 1. The highest BCUT2D eigenvalue weighted by atomic mass is 32.1. The Hall–Kier alpha value is -0.920. The molecule has 24 heavy (non-hydrogen) atoms. The molecule has 0 aromatic carbocycles. The van der Waals surface area contributed by atoms with Gasteiger partial charge in [-0.25, -0.2) is 0 Å². The second-order valence-electron chi connectivity index (χ2n) is 7.10. The first kappa shape index (κ1) is 19.4. The fourth-order valence-electron chi connectivity index (χ4n) is 3.60. The van der Waals surface area contributed by atoms with Crippen LogP contribution in [0, 0.1) is 5.92 Å². The van der Waals surface area contributed by atoms with Crippen molar-refractivity contribution in [3.05, 3.63) is 0 Å². The number of hydrogen-bond acceptors (Lipinski definition) is 4. The van der Waals surface area contributed by atoms with E-state index >= 15 is 0 Å². The molecule has 2 saturated heterocycles. The molecule has 0 radical (unpaired) electrons. The predicted octanol–water partition coefficient (Wildman–Crippen LogP) is 1.17. The quantitative estimate of drug-likeness (QED) is 0.697. The lowest BCUT2D eigenvalue weighted by atomic mass is 9.96. The Kier molecular flexibility index (Phi) is 6.83. The summed E-state index contributed by atoms with van der Waals surface area (Å²) in [4.78, 5) is 17.1. The van der Waals surface area contributed by atoms with Gasteiger partial charge < -0.3 is 19.9 Å². The summed E-state index contributed by atoms with van der Waals surface area (Å²) in [5, 5.41) is 7.78. The van der Waals surface area contributed by atoms with Crippen LogP contribution in [0.15, 0.2) is 0 Å². The van der Waals surface area contributed by atoms with Gasteiger partial charge in [-0.3, -0.25) is 10.1 Å². The van der Waals surface area contributed by atoms with Crippen molar-refractivity contribution < 1.29 is 9.53 Å². The van der Waals surface area contributed by atoms with Crippen LogP contribution in [0.4, 0.5) is 0 Å². The molecular weight excluding hydrogens is 324 g/mol. The molecule has 0 bridgehead atoms. The molecule has 2 aliphatic rings. The van der Waals surface area contributed by atoms with E-state index in [-0.39, 0.29) is 23.5 Å². The van der Waals surface area contributed by atoms with Crippen LogP contribution in [0.1, 0.15) is 40.0 Å². The Morgan fingerprint density at radius 2 is 2.12 bits per heavy atom. The average molecular weight is 357 g/mol. The standard InChI is InChI=1S/C17H32N4O2S/c1-5-8-18-16(24)20-9-6-17(7-10-20)19-14(13(2)3)15(22)21(17)11-12-23-4/h13-14,19H,5-12H2,1-4H3,(H,18,24). The molecule has 0 aromatic heterocycles. The second-order valence-corrected chi connectivity index (χ2v) is 7.49. The number of ether oxygens (including phenoxy) is 1. The zero-order valence-corrected chi connectivity index (χ0v) is 16.2. The van der Waals surface area contributed by atoms with E-state index < -0.39 is 0 Å². The number of likely N-dealkylation sites (tertiary alicyclic amines) is 1. The zero-order chi connectivity index (χ0) is 17.7. The minimum absolute atomic E-state index is 0.0985.